The molecule has 142 valence electrons. The van der Waals surface area contributed by atoms with E-state index in [-0.39, 0.29) is 29.9 Å². The fourth-order valence-corrected chi connectivity index (χ4v) is 4.46. The van der Waals surface area contributed by atoms with Gasteiger partial charge in [0.15, 0.2) is 0 Å². The Morgan fingerprint density at radius 3 is 2.16 bits per heavy atom. The van der Waals surface area contributed by atoms with E-state index in [2.05, 4.69) is 10.0 Å². The van der Waals surface area contributed by atoms with Crippen molar-refractivity contribution in [3.63, 3.8) is 0 Å². The number of nitrogens with one attached hydrogen (secondary N) is 2. The Kier molecular flexibility index (Phi) is 7.54. The van der Waals surface area contributed by atoms with E-state index in [9.17, 15) is 21.6 Å². The van der Waals surface area contributed by atoms with Crippen molar-refractivity contribution in [1.29, 1.82) is 0 Å². The monoisotopic (exact) mass is 391 g/mol. The van der Waals surface area contributed by atoms with E-state index in [1.807, 2.05) is 6.92 Å². The lowest BCUT2D eigenvalue weighted by Crippen LogP contribution is -2.42. The summed E-state index contributed by atoms with van der Waals surface area (Å²) in [6.45, 7) is 5.02. The van der Waals surface area contributed by atoms with Crippen molar-refractivity contribution in [3.8, 4) is 0 Å². The number of benzene rings is 1. The van der Waals surface area contributed by atoms with Crippen LogP contribution in [0.2, 0.25) is 0 Å². The Balaban J connectivity index is 2.76. The van der Waals surface area contributed by atoms with E-state index in [1.165, 1.54) is 35.5 Å². The molecule has 2 N–H and O–H groups in total. The molecule has 0 aliphatic rings. The highest BCUT2D eigenvalue weighted by Gasteiger charge is 2.22. The van der Waals surface area contributed by atoms with E-state index < -0.39 is 20.0 Å². The number of hydrogen-bond donors (Lipinski definition) is 2. The second-order valence-corrected chi connectivity index (χ2v) is 9.44. The van der Waals surface area contributed by atoms with Gasteiger partial charge in [-0.15, -0.1) is 0 Å². The van der Waals surface area contributed by atoms with Gasteiger partial charge in [-0.1, -0.05) is 6.92 Å². The highest BCUT2D eigenvalue weighted by Crippen LogP contribution is 2.14. The lowest BCUT2D eigenvalue weighted by Gasteiger charge is -2.25. The van der Waals surface area contributed by atoms with Crippen molar-refractivity contribution in [2.45, 2.75) is 38.1 Å². The number of carbonyl (C=O) groups is 1. The van der Waals surface area contributed by atoms with Gasteiger partial charge in [0.25, 0.3) is 0 Å². The maximum atomic E-state index is 12.3. The van der Waals surface area contributed by atoms with Gasteiger partial charge in [0.2, 0.25) is 26.0 Å². The number of carbonyl (C=O) groups excluding carboxylic acids is 1. The Bertz CT molecular complexity index is 789. The first-order valence-corrected chi connectivity index (χ1v) is 11.1. The zero-order chi connectivity index (χ0) is 19.3. The number of amides is 1. The van der Waals surface area contributed by atoms with Gasteiger partial charge < -0.3 is 5.32 Å². The molecule has 0 aromatic heterocycles. The molecule has 1 rings (SSSR count). The topological polar surface area (TPSA) is 113 Å². The van der Waals surface area contributed by atoms with E-state index in [0.717, 1.165) is 6.26 Å². The number of sulfonamides is 2. The largest absolute Gasteiger partial charge is 0.326 e. The summed E-state index contributed by atoms with van der Waals surface area (Å²) in [7, 11) is -7.18. The van der Waals surface area contributed by atoms with Crippen molar-refractivity contribution in [3.05, 3.63) is 24.3 Å². The summed E-state index contributed by atoms with van der Waals surface area (Å²) >= 11 is 0. The first-order valence-electron chi connectivity index (χ1n) is 7.81. The molecular formula is C15H25N3O5S2. The minimum absolute atomic E-state index is 0.0345. The number of nitrogens with zero attached hydrogens (tertiary/aromatic N) is 1. The molecule has 0 fully saturated rings. The average Bonchev–Trinajstić information content (AvgIpc) is 2.49. The van der Waals surface area contributed by atoms with Crippen molar-refractivity contribution in [2.24, 2.45) is 0 Å². The lowest BCUT2D eigenvalue weighted by molar-refractivity contribution is -0.114. The Labute approximate surface area is 149 Å². The minimum atomic E-state index is -3.76. The molecule has 10 heteroatoms. The SMILES string of the molecule is CCC(C)N(CCNS(=O)(=O)c1ccc(NC(C)=O)cc1)S(C)(=O)=O. The minimum Gasteiger partial charge on any atom is -0.326 e. The predicted molar refractivity (Wildman–Crippen MR) is 97.2 cm³/mol. The third-order valence-electron chi connectivity index (χ3n) is 3.62. The van der Waals surface area contributed by atoms with Gasteiger partial charge in [0.05, 0.1) is 11.2 Å². The standard InChI is InChI=1S/C15H25N3O5S2/c1-5-12(2)18(24(4,20)21)11-10-16-25(22,23)15-8-6-14(7-9-15)17-13(3)19/h6-9,12,16H,5,10-11H2,1-4H3,(H,17,19). The maximum Gasteiger partial charge on any atom is 0.240 e. The zero-order valence-corrected chi connectivity index (χ0v) is 16.4. The van der Waals surface area contributed by atoms with Crippen molar-refractivity contribution >= 4 is 31.6 Å². The van der Waals surface area contributed by atoms with Gasteiger partial charge in [-0.3, -0.25) is 4.79 Å². The third-order valence-corrected chi connectivity index (χ3v) is 6.49. The van der Waals surface area contributed by atoms with Crippen LogP contribution in [-0.2, 0) is 24.8 Å². The highest BCUT2D eigenvalue weighted by atomic mass is 32.2. The summed E-state index contributed by atoms with van der Waals surface area (Å²) in [6.07, 6.45) is 1.73. The van der Waals surface area contributed by atoms with E-state index in [0.29, 0.717) is 12.1 Å². The smallest absolute Gasteiger partial charge is 0.240 e. The van der Waals surface area contributed by atoms with Gasteiger partial charge in [-0.2, -0.15) is 4.31 Å². The fraction of sp³-hybridized carbons (Fsp3) is 0.533. The van der Waals surface area contributed by atoms with Crippen LogP contribution in [0.15, 0.2) is 29.2 Å². The van der Waals surface area contributed by atoms with E-state index >= 15 is 0 Å². The Morgan fingerprint density at radius 1 is 1.16 bits per heavy atom. The van der Waals surface area contributed by atoms with Crippen LogP contribution in [0.1, 0.15) is 27.2 Å². The van der Waals surface area contributed by atoms with Gasteiger partial charge >= 0.3 is 0 Å². The molecule has 1 amide bonds. The molecule has 8 nitrogen and oxygen atoms in total. The van der Waals surface area contributed by atoms with Crippen LogP contribution in [0.4, 0.5) is 5.69 Å². The molecule has 0 bridgehead atoms. The van der Waals surface area contributed by atoms with Crippen LogP contribution in [0, 0.1) is 0 Å². The summed E-state index contributed by atoms with van der Waals surface area (Å²) in [5.41, 5.74) is 0.492. The summed E-state index contributed by atoms with van der Waals surface area (Å²) in [6, 6.07) is 5.50. The van der Waals surface area contributed by atoms with Gasteiger partial charge in [-0.25, -0.2) is 21.6 Å². The maximum absolute atomic E-state index is 12.3. The predicted octanol–water partition coefficient (Wildman–Crippen LogP) is 0.983. The van der Waals surface area contributed by atoms with Crippen LogP contribution in [0.5, 0.6) is 0 Å². The summed E-state index contributed by atoms with van der Waals surface area (Å²) in [5, 5.41) is 2.55. The first-order chi connectivity index (χ1) is 11.5. The molecule has 1 unspecified atom stereocenters. The van der Waals surface area contributed by atoms with Crippen LogP contribution in [0.3, 0.4) is 0 Å². The second kappa shape index (κ2) is 8.75. The molecule has 1 aromatic carbocycles. The molecule has 0 aliphatic carbocycles. The molecule has 0 heterocycles. The molecular weight excluding hydrogens is 366 g/mol. The van der Waals surface area contributed by atoms with Crippen LogP contribution >= 0.6 is 0 Å². The quantitative estimate of drug-likeness (QED) is 0.652. The Morgan fingerprint density at radius 2 is 1.72 bits per heavy atom. The van der Waals surface area contributed by atoms with Gasteiger partial charge in [-0.05, 0) is 37.6 Å². The van der Waals surface area contributed by atoms with E-state index in [4.69, 9.17) is 0 Å². The van der Waals surface area contributed by atoms with Crippen LogP contribution in [-0.4, -0.2) is 52.4 Å². The number of hydrogen-bond acceptors (Lipinski definition) is 5. The van der Waals surface area contributed by atoms with Gasteiger partial charge in [0, 0.05) is 31.7 Å². The number of anilines is 1. The molecule has 0 radical (unpaired) electrons. The highest BCUT2D eigenvalue weighted by molar-refractivity contribution is 7.89. The first kappa shape index (κ1) is 21.6. The second-order valence-electron chi connectivity index (χ2n) is 5.73. The molecule has 25 heavy (non-hydrogen) atoms. The van der Waals surface area contributed by atoms with Crippen molar-refractivity contribution in [2.75, 3.05) is 24.7 Å². The molecule has 1 atom stereocenters. The summed E-state index contributed by atoms with van der Waals surface area (Å²) in [5.74, 6) is -0.250. The van der Waals surface area contributed by atoms with Crippen molar-refractivity contribution in [1.82, 2.24) is 9.03 Å². The van der Waals surface area contributed by atoms with Crippen LogP contribution in [0.25, 0.3) is 0 Å². The number of rotatable bonds is 9. The summed E-state index contributed by atoms with van der Waals surface area (Å²) < 4.78 is 51.8. The molecule has 0 aliphatic heterocycles. The van der Waals surface area contributed by atoms with Crippen LogP contribution < -0.4 is 10.0 Å². The third kappa shape index (κ3) is 6.73. The molecule has 0 saturated carbocycles. The fourth-order valence-electron chi connectivity index (χ4n) is 2.21. The molecule has 0 spiro atoms. The molecule has 0 saturated heterocycles. The normalized spacial score (nSPS) is 13.6. The molecule has 1 aromatic rings. The zero-order valence-electron chi connectivity index (χ0n) is 14.8. The Hall–Kier alpha value is -1.49. The lowest BCUT2D eigenvalue weighted by atomic mass is 10.2. The summed E-state index contributed by atoms with van der Waals surface area (Å²) in [4.78, 5) is 11.0. The van der Waals surface area contributed by atoms with E-state index in [1.54, 1.807) is 6.92 Å². The van der Waals surface area contributed by atoms with Crippen molar-refractivity contribution < 1.29 is 21.6 Å². The van der Waals surface area contributed by atoms with Gasteiger partial charge in [0.1, 0.15) is 0 Å². The average molecular weight is 392 g/mol.